The number of fused-ring (bicyclic) bond motifs is 1. The summed E-state index contributed by atoms with van der Waals surface area (Å²) in [5, 5.41) is 7.30. The summed E-state index contributed by atoms with van der Waals surface area (Å²) in [6, 6.07) is 1.69. The monoisotopic (exact) mass is 504 g/mol. The predicted octanol–water partition coefficient (Wildman–Crippen LogP) is 5.30. The molecule has 0 saturated carbocycles. The summed E-state index contributed by atoms with van der Waals surface area (Å²) in [5.41, 5.74) is 1.88. The molecule has 3 rings (SSSR count). The Morgan fingerprint density at radius 3 is 2.81 bits per heavy atom. The summed E-state index contributed by atoms with van der Waals surface area (Å²) in [4.78, 5) is 18.8. The SMILES string of the molecule is Cc1c(I)cn2nc(Cl)cc(N(Cc3nccs3)C(=O)OC(C)(C)C)c12. The number of anilines is 1. The maximum Gasteiger partial charge on any atom is 0.415 e. The van der Waals surface area contributed by atoms with E-state index in [1.165, 1.54) is 11.3 Å². The normalized spacial score (nSPS) is 11.8. The van der Waals surface area contributed by atoms with Gasteiger partial charge < -0.3 is 4.74 Å². The lowest BCUT2D eigenvalue weighted by Gasteiger charge is -2.27. The molecular weight excluding hydrogens is 487 g/mol. The number of aryl methyl sites for hydroxylation is 1. The third kappa shape index (κ3) is 4.12. The topological polar surface area (TPSA) is 59.7 Å². The average molecular weight is 505 g/mol. The molecule has 0 aliphatic carbocycles. The molecule has 9 heteroatoms. The molecule has 3 aromatic heterocycles. The van der Waals surface area contributed by atoms with E-state index in [0.29, 0.717) is 17.4 Å². The molecule has 1 amide bonds. The molecule has 0 bridgehead atoms. The van der Waals surface area contributed by atoms with Crippen molar-refractivity contribution in [3.05, 3.63) is 43.1 Å². The Morgan fingerprint density at radius 2 is 2.19 bits per heavy atom. The van der Waals surface area contributed by atoms with Gasteiger partial charge in [-0.25, -0.2) is 14.3 Å². The molecular formula is C17H18ClIN4O2S. The zero-order valence-corrected chi connectivity index (χ0v) is 18.5. The van der Waals surface area contributed by atoms with Gasteiger partial charge in [0, 0.05) is 27.4 Å². The molecule has 0 spiro atoms. The van der Waals surface area contributed by atoms with Crippen LogP contribution in [0.15, 0.2) is 23.8 Å². The molecule has 0 aliphatic rings. The van der Waals surface area contributed by atoms with Crippen LogP contribution in [0.25, 0.3) is 5.52 Å². The first-order valence-electron chi connectivity index (χ1n) is 7.88. The van der Waals surface area contributed by atoms with E-state index < -0.39 is 11.7 Å². The second-order valence-corrected chi connectivity index (χ2v) is 9.27. The Bertz CT molecular complexity index is 950. The molecule has 138 valence electrons. The van der Waals surface area contributed by atoms with Crippen LogP contribution in [0.5, 0.6) is 0 Å². The highest BCUT2D eigenvalue weighted by molar-refractivity contribution is 14.1. The second-order valence-electron chi connectivity index (χ2n) is 6.74. The minimum absolute atomic E-state index is 0.295. The number of aromatic nitrogens is 3. The van der Waals surface area contributed by atoms with Crippen molar-refractivity contribution in [1.29, 1.82) is 0 Å². The van der Waals surface area contributed by atoms with Crippen molar-refractivity contribution >= 4 is 62.8 Å². The lowest BCUT2D eigenvalue weighted by Crippen LogP contribution is -2.36. The van der Waals surface area contributed by atoms with Gasteiger partial charge in [0.1, 0.15) is 10.6 Å². The van der Waals surface area contributed by atoms with Gasteiger partial charge in [0.25, 0.3) is 0 Å². The van der Waals surface area contributed by atoms with Crippen LogP contribution in [0.1, 0.15) is 31.3 Å². The van der Waals surface area contributed by atoms with E-state index >= 15 is 0 Å². The van der Waals surface area contributed by atoms with Crippen molar-refractivity contribution in [1.82, 2.24) is 14.6 Å². The van der Waals surface area contributed by atoms with Crippen LogP contribution in [-0.2, 0) is 11.3 Å². The maximum atomic E-state index is 13.0. The van der Waals surface area contributed by atoms with Crippen LogP contribution in [0, 0.1) is 10.5 Å². The number of ether oxygens (including phenoxy) is 1. The van der Waals surface area contributed by atoms with Gasteiger partial charge in [-0.05, 0) is 55.8 Å². The first-order chi connectivity index (χ1) is 12.2. The molecule has 3 heterocycles. The van der Waals surface area contributed by atoms with Crippen molar-refractivity contribution in [3.8, 4) is 0 Å². The van der Waals surface area contributed by atoms with Gasteiger partial charge >= 0.3 is 6.09 Å². The fourth-order valence-corrected chi connectivity index (χ4v) is 3.80. The van der Waals surface area contributed by atoms with E-state index in [-0.39, 0.29) is 0 Å². The summed E-state index contributed by atoms with van der Waals surface area (Å²) in [5.74, 6) is 0. The molecule has 0 unspecified atom stereocenters. The molecule has 0 atom stereocenters. The van der Waals surface area contributed by atoms with Crippen LogP contribution in [0.4, 0.5) is 10.5 Å². The highest BCUT2D eigenvalue weighted by Gasteiger charge is 2.27. The molecule has 0 radical (unpaired) electrons. The molecule has 6 nitrogen and oxygen atoms in total. The number of nitrogens with zero attached hydrogens (tertiary/aromatic N) is 4. The van der Waals surface area contributed by atoms with E-state index in [0.717, 1.165) is 19.7 Å². The fourth-order valence-electron chi connectivity index (χ4n) is 2.49. The van der Waals surface area contributed by atoms with Gasteiger partial charge in [-0.3, -0.25) is 4.90 Å². The zero-order chi connectivity index (χ0) is 19.1. The van der Waals surface area contributed by atoms with E-state index in [1.807, 2.05) is 39.3 Å². The van der Waals surface area contributed by atoms with Crippen molar-refractivity contribution < 1.29 is 9.53 Å². The van der Waals surface area contributed by atoms with Gasteiger partial charge in [0.2, 0.25) is 0 Å². The average Bonchev–Trinajstić information content (AvgIpc) is 3.11. The van der Waals surface area contributed by atoms with E-state index in [2.05, 4.69) is 32.7 Å². The number of rotatable bonds is 3. The summed E-state index contributed by atoms with van der Waals surface area (Å²) >= 11 is 9.95. The van der Waals surface area contributed by atoms with Crippen molar-refractivity contribution in [2.75, 3.05) is 4.90 Å². The first-order valence-corrected chi connectivity index (χ1v) is 10.2. The largest absolute Gasteiger partial charge is 0.443 e. The van der Waals surface area contributed by atoms with Gasteiger partial charge in [-0.1, -0.05) is 11.6 Å². The zero-order valence-electron chi connectivity index (χ0n) is 14.8. The smallest absolute Gasteiger partial charge is 0.415 e. The van der Waals surface area contributed by atoms with Crippen LogP contribution in [0.2, 0.25) is 5.15 Å². The second kappa shape index (κ2) is 7.32. The van der Waals surface area contributed by atoms with Gasteiger partial charge in [-0.2, -0.15) is 5.10 Å². The minimum atomic E-state index is -0.614. The maximum absolute atomic E-state index is 13.0. The third-order valence-electron chi connectivity index (χ3n) is 3.56. The molecule has 0 aromatic carbocycles. The molecule has 3 aromatic rings. The van der Waals surface area contributed by atoms with Crippen molar-refractivity contribution in [2.24, 2.45) is 0 Å². The molecule has 0 aliphatic heterocycles. The number of amides is 1. The Labute approximate surface area is 174 Å². The Kier molecular flexibility index (Phi) is 5.45. The number of carbonyl (C=O) groups is 1. The lowest BCUT2D eigenvalue weighted by atomic mass is 10.2. The van der Waals surface area contributed by atoms with Crippen molar-refractivity contribution in [3.63, 3.8) is 0 Å². The Morgan fingerprint density at radius 1 is 1.46 bits per heavy atom. The Hall–Kier alpha value is -1.39. The fraction of sp³-hybridized carbons (Fsp3) is 0.353. The van der Waals surface area contributed by atoms with Crippen LogP contribution >= 0.6 is 45.5 Å². The summed E-state index contributed by atoms with van der Waals surface area (Å²) < 4.78 is 8.37. The highest BCUT2D eigenvalue weighted by Crippen LogP contribution is 2.32. The van der Waals surface area contributed by atoms with E-state index in [9.17, 15) is 4.79 Å². The van der Waals surface area contributed by atoms with Crippen LogP contribution in [0.3, 0.4) is 0 Å². The summed E-state index contributed by atoms with van der Waals surface area (Å²) in [6.07, 6.45) is 3.15. The number of thiazole rings is 1. The number of hydrogen-bond donors (Lipinski definition) is 0. The number of hydrogen-bond acceptors (Lipinski definition) is 5. The van der Waals surface area contributed by atoms with E-state index in [1.54, 1.807) is 21.7 Å². The predicted molar refractivity (Wildman–Crippen MR) is 112 cm³/mol. The quantitative estimate of drug-likeness (QED) is 0.454. The van der Waals surface area contributed by atoms with Crippen LogP contribution < -0.4 is 4.90 Å². The van der Waals surface area contributed by atoms with Crippen LogP contribution in [-0.4, -0.2) is 26.3 Å². The summed E-state index contributed by atoms with van der Waals surface area (Å²) in [7, 11) is 0. The minimum Gasteiger partial charge on any atom is -0.443 e. The van der Waals surface area contributed by atoms with Crippen molar-refractivity contribution in [2.45, 2.75) is 39.8 Å². The summed E-state index contributed by atoms with van der Waals surface area (Å²) in [6.45, 7) is 7.81. The Balaban J connectivity index is 2.15. The third-order valence-corrected chi connectivity index (χ3v) is 5.60. The molecule has 0 saturated heterocycles. The van der Waals surface area contributed by atoms with Gasteiger partial charge in [0.05, 0.1) is 17.7 Å². The number of carbonyl (C=O) groups excluding carboxylic acids is 1. The standard InChI is InChI=1S/C17H18ClIN4O2S/c1-10-11(19)8-23-15(10)12(7-13(18)21-23)22(9-14-20-5-6-26-14)16(24)25-17(2,3)4/h5-8H,9H2,1-4H3. The number of halogens is 2. The van der Waals surface area contributed by atoms with E-state index in [4.69, 9.17) is 16.3 Å². The lowest BCUT2D eigenvalue weighted by molar-refractivity contribution is 0.0578. The molecule has 26 heavy (non-hydrogen) atoms. The van der Waals surface area contributed by atoms with Gasteiger partial charge in [-0.15, -0.1) is 11.3 Å². The highest BCUT2D eigenvalue weighted by atomic mass is 127. The van der Waals surface area contributed by atoms with Gasteiger partial charge in [0.15, 0.2) is 5.15 Å². The molecule has 0 fully saturated rings. The molecule has 0 N–H and O–H groups in total. The first kappa shape index (κ1) is 19.4.